The van der Waals surface area contributed by atoms with E-state index in [4.69, 9.17) is 4.74 Å². The fourth-order valence-electron chi connectivity index (χ4n) is 4.18. The Morgan fingerprint density at radius 1 is 0.941 bits per heavy atom. The van der Waals surface area contributed by atoms with Gasteiger partial charge in [0.05, 0.1) is 0 Å². The summed E-state index contributed by atoms with van der Waals surface area (Å²) in [7, 11) is 1.62. The van der Waals surface area contributed by atoms with E-state index in [0.717, 1.165) is 11.1 Å². The van der Waals surface area contributed by atoms with Crippen molar-refractivity contribution in [2.45, 2.75) is 39.2 Å². The van der Waals surface area contributed by atoms with Gasteiger partial charge in [0.2, 0.25) is 5.91 Å². The highest BCUT2D eigenvalue weighted by Gasteiger charge is 2.34. The van der Waals surface area contributed by atoms with Crippen LogP contribution in [0.4, 0.5) is 0 Å². The number of carbonyl (C=O) groups is 3. The van der Waals surface area contributed by atoms with Crippen LogP contribution in [0.2, 0.25) is 0 Å². The Hall–Kier alpha value is -3.19. The lowest BCUT2D eigenvalue weighted by molar-refractivity contribution is -0.124. The normalized spacial score (nSPS) is 15.0. The number of aryl methyl sites for hydroxylation is 2. The lowest BCUT2D eigenvalue weighted by Gasteiger charge is -2.36. The monoisotopic (exact) mass is 465 g/mol. The molecule has 1 fully saturated rings. The van der Waals surface area contributed by atoms with E-state index in [1.54, 1.807) is 19.2 Å². The van der Waals surface area contributed by atoms with Crippen molar-refractivity contribution in [2.75, 3.05) is 33.4 Å². The molecule has 0 aliphatic carbocycles. The second-order valence-electron chi connectivity index (χ2n) is 8.95. The highest BCUT2D eigenvalue weighted by atomic mass is 16.5. The third-order valence-corrected chi connectivity index (χ3v) is 6.30. The largest absolute Gasteiger partial charge is 0.385 e. The van der Waals surface area contributed by atoms with Gasteiger partial charge < -0.3 is 20.3 Å². The Kier molecular flexibility index (Phi) is 9.22. The molecule has 182 valence electrons. The maximum atomic E-state index is 13.0. The fourth-order valence-corrected chi connectivity index (χ4v) is 4.18. The number of nitrogens with zero attached hydrogens (tertiary/aromatic N) is 1. The van der Waals surface area contributed by atoms with Crippen LogP contribution in [-0.4, -0.2) is 62.0 Å². The summed E-state index contributed by atoms with van der Waals surface area (Å²) in [5, 5.41) is 5.89. The molecule has 0 radical (unpaired) electrons. The molecule has 2 aromatic rings. The van der Waals surface area contributed by atoms with Gasteiger partial charge in [-0.05, 0) is 63.3 Å². The third-order valence-electron chi connectivity index (χ3n) is 6.30. The number of hydrogen-bond donors (Lipinski definition) is 2. The van der Waals surface area contributed by atoms with Crippen molar-refractivity contribution in [3.63, 3.8) is 0 Å². The van der Waals surface area contributed by atoms with Crippen LogP contribution in [0.25, 0.3) is 0 Å². The number of hydrogen-bond acceptors (Lipinski definition) is 4. The summed E-state index contributed by atoms with van der Waals surface area (Å²) in [6, 6.07) is 14.2. The topological polar surface area (TPSA) is 87.7 Å². The average molecular weight is 466 g/mol. The molecule has 1 saturated heterocycles. The van der Waals surface area contributed by atoms with Gasteiger partial charge in [-0.15, -0.1) is 0 Å². The number of amides is 3. The molecule has 34 heavy (non-hydrogen) atoms. The van der Waals surface area contributed by atoms with Crippen LogP contribution in [0.3, 0.4) is 0 Å². The molecule has 3 rings (SSSR count). The molecule has 0 saturated carbocycles. The van der Waals surface area contributed by atoms with Crippen LogP contribution >= 0.6 is 0 Å². The van der Waals surface area contributed by atoms with Crippen LogP contribution in [0.1, 0.15) is 51.1 Å². The predicted molar refractivity (Wildman–Crippen MR) is 132 cm³/mol. The Labute approximate surface area is 201 Å². The van der Waals surface area contributed by atoms with E-state index >= 15 is 0 Å². The van der Waals surface area contributed by atoms with Gasteiger partial charge >= 0.3 is 0 Å². The van der Waals surface area contributed by atoms with E-state index in [1.807, 2.05) is 55.1 Å². The van der Waals surface area contributed by atoms with E-state index in [2.05, 4.69) is 10.6 Å². The molecule has 0 aromatic heterocycles. The Morgan fingerprint density at radius 3 is 2.06 bits per heavy atom. The number of carbonyl (C=O) groups excluding carboxylic acids is 3. The van der Waals surface area contributed by atoms with Gasteiger partial charge in [-0.2, -0.15) is 0 Å². The molecule has 3 amide bonds. The van der Waals surface area contributed by atoms with Crippen molar-refractivity contribution < 1.29 is 19.1 Å². The second kappa shape index (κ2) is 12.3. The standard InChI is InChI=1S/C27H35N3O4/c1-19-5-9-22(10-6-19)25(31)29-24(26(32)28-15-4-18-34-3)21-13-16-30(17-14-21)27(33)23-11-7-20(2)8-12-23/h5-12,21,24H,4,13-18H2,1-3H3,(H,28,32)(H,29,31)/t24-/m1/s1. The molecule has 1 aliphatic rings. The zero-order valence-electron chi connectivity index (χ0n) is 20.3. The number of likely N-dealkylation sites (tertiary alicyclic amines) is 1. The van der Waals surface area contributed by atoms with Gasteiger partial charge in [-0.1, -0.05) is 35.4 Å². The van der Waals surface area contributed by atoms with Crippen molar-refractivity contribution in [3.8, 4) is 0 Å². The Bertz CT molecular complexity index is 964. The highest BCUT2D eigenvalue weighted by Crippen LogP contribution is 2.23. The van der Waals surface area contributed by atoms with Gasteiger partial charge in [0.15, 0.2) is 0 Å². The van der Waals surface area contributed by atoms with Gasteiger partial charge in [-0.3, -0.25) is 14.4 Å². The van der Waals surface area contributed by atoms with Crippen molar-refractivity contribution in [2.24, 2.45) is 5.92 Å². The zero-order chi connectivity index (χ0) is 24.5. The number of rotatable bonds is 9. The van der Waals surface area contributed by atoms with E-state index in [-0.39, 0.29) is 23.6 Å². The molecule has 0 bridgehead atoms. The van der Waals surface area contributed by atoms with E-state index in [9.17, 15) is 14.4 Å². The molecule has 1 atom stereocenters. The minimum atomic E-state index is -0.659. The van der Waals surface area contributed by atoms with Crippen LogP contribution in [0.5, 0.6) is 0 Å². The molecule has 2 N–H and O–H groups in total. The van der Waals surface area contributed by atoms with Gasteiger partial charge in [0.1, 0.15) is 6.04 Å². The predicted octanol–water partition coefficient (Wildman–Crippen LogP) is 3.11. The van der Waals surface area contributed by atoms with Crippen molar-refractivity contribution in [1.82, 2.24) is 15.5 Å². The van der Waals surface area contributed by atoms with Crippen LogP contribution in [0, 0.1) is 19.8 Å². The number of benzene rings is 2. The van der Waals surface area contributed by atoms with Crippen molar-refractivity contribution >= 4 is 17.7 Å². The Morgan fingerprint density at radius 2 is 1.50 bits per heavy atom. The number of piperidine rings is 1. The van der Waals surface area contributed by atoms with E-state index in [1.165, 1.54) is 0 Å². The molecule has 7 heteroatoms. The van der Waals surface area contributed by atoms with Crippen LogP contribution < -0.4 is 10.6 Å². The number of methoxy groups -OCH3 is 1. The number of nitrogens with one attached hydrogen (secondary N) is 2. The fraction of sp³-hybridized carbons (Fsp3) is 0.444. The van der Waals surface area contributed by atoms with E-state index < -0.39 is 6.04 Å². The number of ether oxygens (including phenoxy) is 1. The van der Waals surface area contributed by atoms with Crippen molar-refractivity contribution in [1.29, 1.82) is 0 Å². The molecule has 7 nitrogen and oxygen atoms in total. The van der Waals surface area contributed by atoms with Gasteiger partial charge in [0, 0.05) is 44.5 Å². The summed E-state index contributed by atoms with van der Waals surface area (Å²) in [5.41, 5.74) is 3.37. The first-order valence-corrected chi connectivity index (χ1v) is 11.9. The quantitative estimate of drug-likeness (QED) is 0.557. The summed E-state index contributed by atoms with van der Waals surface area (Å²) < 4.78 is 5.05. The summed E-state index contributed by atoms with van der Waals surface area (Å²) >= 11 is 0. The Balaban J connectivity index is 1.65. The van der Waals surface area contributed by atoms with Crippen molar-refractivity contribution in [3.05, 3.63) is 70.8 Å². The SMILES string of the molecule is COCCCNC(=O)[C@H](NC(=O)c1ccc(C)cc1)C1CCN(C(=O)c2ccc(C)cc2)CC1. The smallest absolute Gasteiger partial charge is 0.253 e. The maximum Gasteiger partial charge on any atom is 0.253 e. The van der Waals surface area contributed by atoms with E-state index in [0.29, 0.717) is 56.6 Å². The van der Waals surface area contributed by atoms with Gasteiger partial charge in [-0.25, -0.2) is 0 Å². The third kappa shape index (κ3) is 6.90. The first-order chi connectivity index (χ1) is 16.4. The molecular formula is C27H35N3O4. The minimum absolute atomic E-state index is 0.00251. The highest BCUT2D eigenvalue weighted by molar-refractivity contribution is 5.97. The molecule has 0 unspecified atom stereocenters. The molecule has 2 aromatic carbocycles. The maximum absolute atomic E-state index is 13.0. The molecular weight excluding hydrogens is 430 g/mol. The summed E-state index contributed by atoms with van der Waals surface area (Å²) in [6.07, 6.45) is 1.98. The second-order valence-corrected chi connectivity index (χ2v) is 8.95. The van der Waals surface area contributed by atoms with Crippen LogP contribution in [-0.2, 0) is 9.53 Å². The lowest BCUT2D eigenvalue weighted by atomic mass is 9.88. The average Bonchev–Trinajstić information content (AvgIpc) is 2.85. The van der Waals surface area contributed by atoms with Crippen LogP contribution in [0.15, 0.2) is 48.5 Å². The minimum Gasteiger partial charge on any atom is -0.385 e. The lowest BCUT2D eigenvalue weighted by Crippen LogP contribution is -2.54. The first kappa shape index (κ1) is 25.4. The molecule has 1 heterocycles. The zero-order valence-corrected chi connectivity index (χ0v) is 20.3. The molecule has 0 spiro atoms. The van der Waals surface area contributed by atoms with Gasteiger partial charge in [0.25, 0.3) is 11.8 Å². The first-order valence-electron chi connectivity index (χ1n) is 11.9. The summed E-state index contributed by atoms with van der Waals surface area (Å²) in [5.74, 6) is -0.517. The molecule has 1 aliphatic heterocycles. The summed E-state index contributed by atoms with van der Waals surface area (Å²) in [6.45, 7) is 6.08. The summed E-state index contributed by atoms with van der Waals surface area (Å²) in [4.78, 5) is 40.7.